The summed E-state index contributed by atoms with van der Waals surface area (Å²) in [6.45, 7) is 1.28. The van der Waals surface area contributed by atoms with Gasteiger partial charge in [-0.05, 0) is 37.0 Å². The quantitative estimate of drug-likeness (QED) is 0.896. The van der Waals surface area contributed by atoms with Crippen molar-refractivity contribution >= 4 is 6.03 Å². The van der Waals surface area contributed by atoms with Gasteiger partial charge in [-0.15, -0.1) is 10.2 Å². The molecule has 0 atom stereocenters. The molecule has 1 aromatic carbocycles. The van der Waals surface area contributed by atoms with Crippen LogP contribution in [0.5, 0.6) is 0 Å². The minimum Gasteiger partial charge on any atom is -0.331 e. The highest BCUT2D eigenvalue weighted by atomic mass is 19.1. The van der Waals surface area contributed by atoms with Crippen LogP contribution in [-0.4, -0.2) is 20.8 Å². The molecule has 0 spiro atoms. The number of hydrogen-bond donors (Lipinski definition) is 2. The van der Waals surface area contributed by atoms with Gasteiger partial charge in [-0.25, -0.2) is 9.18 Å². The highest BCUT2D eigenvalue weighted by molar-refractivity contribution is 5.75. The summed E-state index contributed by atoms with van der Waals surface area (Å²) >= 11 is 0. The number of amides is 2. The summed E-state index contributed by atoms with van der Waals surface area (Å²) in [5, 5.41) is 14.3. The SMILES string of the molecule is O=C(NCc1nnc2n1CCC2)NC1(c2ccc(F)cc2)CCCC1. The van der Waals surface area contributed by atoms with Gasteiger partial charge < -0.3 is 15.2 Å². The van der Waals surface area contributed by atoms with Gasteiger partial charge in [-0.1, -0.05) is 25.0 Å². The summed E-state index contributed by atoms with van der Waals surface area (Å²) in [5.41, 5.74) is 0.551. The van der Waals surface area contributed by atoms with Crippen LogP contribution in [0.2, 0.25) is 0 Å². The zero-order chi connectivity index (χ0) is 17.3. The Bertz CT molecular complexity index is 764. The van der Waals surface area contributed by atoms with Crippen LogP contribution in [-0.2, 0) is 25.0 Å². The zero-order valence-electron chi connectivity index (χ0n) is 14.1. The second kappa shape index (κ2) is 6.46. The van der Waals surface area contributed by atoms with Gasteiger partial charge in [0.2, 0.25) is 0 Å². The van der Waals surface area contributed by atoms with E-state index in [0.717, 1.165) is 62.3 Å². The van der Waals surface area contributed by atoms with Crippen LogP contribution in [0.25, 0.3) is 0 Å². The number of carbonyl (C=O) groups excluding carboxylic acids is 1. The molecular weight excluding hydrogens is 321 g/mol. The molecule has 2 heterocycles. The predicted octanol–water partition coefficient (Wildman–Crippen LogP) is 2.63. The number of nitrogens with zero attached hydrogens (tertiary/aromatic N) is 3. The van der Waals surface area contributed by atoms with Gasteiger partial charge in [-0.3, -0.25) is 0 Å². The summed E-state index contributed by atoms with van der Waals surface area (Å²) in [6, 6.07) is 6.23. The average molecular weight is 343 g/mol. The van der Waals surface area contributed by atoms with E-state index in [-0.39, 0.29) is 11.8 Å². The molecule has 1 fully saturated rings. The number of carbonyl (C=O) groups is 1. The van der Waals surface area contributed by atoms with E-state index >= 15 is 0 Å². The summed E-state index contributed by atoms with van der Waals surface area (Å²) in [6.07, 6.45) is 5.87. The molecule has 0 saturated heterocycles. The Morgan fingerprint density at radius 3 is 2.68 bits per heavy atom. The molecule has 1 aliphatic heterocycles. The number of rotatable bonds is 4. The average Bonchev–Trinajstić information content (AvgIpc) is 3.31. The third kappa shape index (κ3) is 3.10. The van der Waals surface area contributed by atoms with Gasteiger partial charge in [0, 0.05) is 13.0 Å². The van der Waals surface area contributed by atoms with Gasteiger partial charge in [0.25, 0.3) is 0 Å². The lowest BCUT2D eigenvalue weighted by Gasteiger charge is -2.31. The summed E-state index contributed by atoms with van der Waals surface area (Å²) < 4.78 is 15.3. The lowest BCUT2D eigenvalue weighted by Crippen LogP contribution is -2.48. The molecular formula is C18H22FN5O. The summed E-state index contributed by atoms with van der Waals surface area (Å²) in [5.74, 6) is 1.53. The molecule has 0 bridgehead atoms. The lowest BCUT2D eigenvalue weighted by atomic mass is 9.88. The maximum atomic E-state index is 13.2. The van der Waals surface area contributed by atoms with Crippen molar-refractivity contribution in [1.29, 1.82) is 0 Å². The maximum Gasteiger partial charge on any atom is 0.315 e. The zero-order valence-corrected chi connectivity index (χ0v) is 14.1. The molecule has 2 N–H and O–H groups in total. The van der Waals surface area contributed by atoms with Crippen molar-refractivity contribution in [1.82, 2.24) is 25.4 Å². The van der Waals surface area contributed by atoms with Crippen molar-refractivity contribution in [3.63, 3.8) is 0 Å². The first-order valence-electron chi connectivity index (χ1n) is 8.89. The molecule has 1 aromatic heterocycles. The summed E-state index contributed by atoms with van der Waals surface area (Å²) in [4.78, 5) is 12.5. The topological polar surface area (TPSA) is 71.8 Å². The van der Waals surface area contributed by atoms with Gasteiger partial charge in [0.1, 0.15) is 11.6 Å². The van der Waals surface area contributed by atoms with Crippen LogP contribution in [0.4, 0.5) is 9.18 Å². The van der Waals surface area contributed by atoms with E-state index in [9.17, 15) is 9.18 Å². The van der Waals surface area contributed by atoms with Crippen molar-refractivity contribution in [2.45, 2.75) is 57.2 Å². The van der Waals surface area contributed by atoms with Crippen LogP contribution in [0.3, 0.4) is 0 Å². The number of urea groups is 1. The standard InChI is InChI=1S/C18H22FN5O/c19-14-7-5-13(6-8-14)18(9-1-2-10-18)21-17(25)20-12-16-23-22-15-4-3-11-24(15)16/h5-8H,1-4,9-12H2,(H2,20,21,25). The Morgan fingerprint density at radius 2 is 1.92 bits per heavy atom. The number of nitrogens with one attached hydrogen (secondary N) is 2. The van der Waals surface area contributed by atoms with Gasteiger partial charge in [0.15, 0.2) is 5.82 Å². The van der Waals surface area contributed by atoms with Crippen LogP contribution in [0.15, 0.2) is 24.3 Å². The largest absolute Gasteiger partial charge is 0.331 e. The molecule has 2 aliphatic rings. The Labute approximate surface area is 145 Å². The third-order valence-corrected chi connectivity index (χ3v) is 5.30. The second-order valence-electron chi connectivity index (χ2n) is 6.89. The number of benzene rings is 1. The highest BCUT2D eigenvalue weighted by Gasteiger charge is 2.37. The van der Waals surface area contributed by atoms with Gasteiger partial charge in [0.05, 0.1) is 12.1 Å². The van der Waals surface area contributed by atoms with Crippen LogP contribution >= 0.6 is 0 Å². The molecule has 0 radical (unpaired) electrons. The molecule has 132 valence electrons. The van der Waals surface area contributed by atoms with Crippen molar-refractivity contribution in [3.05, 3.63) is 47.3 Å². The Morgan fingerprint density at radius 1 is 1.16 bits per heavy atom. The number of hydrogen-bond acceptors (Lipinski definition) is 3. The van der Waals surface area contributed by atoms with E-state index in [1.807, 2.05) is 0 Å². The number of aryl methyl sites for hydroxylation is 1. The molecule has 6 nitrogen and oxygen atoms in total. The van der Waals surface area contributed by atoms with E-state index in [1.54, 1.807) is 12.1 Å². The van der Waals surface area contributed by atoms with Gasteiger partial charge in [-0.2, -0.15) is 0 Å². The maximum absolute atomic E-state index is 13.2. The number of fused-ring (bicyclic) bond motifs is 1. The van der Waals surface area contributed by atoms with Crippen LogP contribution in [0.1, 0.15) is 49.3 Å². The first-order valence-corrected chi connectivity index (χ1v) is 8.89. The first kappa shape index (κ1) is 16.1. The van der Waals surface area contributed by atoms with Gasteiger partial charge >= 0.3 is 6.03 Å². The molecule has 7 heteroatoms. The molecule has 2 amide bonds. The van der Waals surface area contributed by atoms with Crippen molar-refractivity contribution in [2.24, 2.45) is 0 Å². The number of aromatic nitrogens is 3. The second-order valence-corrected chi connectivity index (χ2v) is 6.89. The predicted molar refractivity (Wildman–Crippen MR) is 90.3 cm³/mol. The van der Waals surface area contributed by atoms with Crippen molar-refractivity contribution < 1.29 is 9.18 Å². The molecule has 2 aromatic rings. The lowest BCUT2D eigenvalue weighted by molar-refractivity contribution is 0.223. The van der Waals surface area contributed by atoms with Crippen molar-refractivity contribution in [3.8, 4) is 0 Å². The Balaban J connectivity index is 1.43. The fraction of sp³-hybridized carbons (Fsp3) is 0.500. The fourth-order valence-electron chi connectivity index (χ4n) is 4.00. The molecule has 25 heavy (non-hydrogen) atoms. The summed E-state index contributed by atoms with van der Waals surface area (Å²) in [7, 11) is 0. The van der Waals surface area contributed by atoms with E-state index < -0.39 is 5.54 Å². The normalized spacial score (nSPS) is 18.1. The minimum atomic E-state index is -0.412. The molecule has 1 saturated carbocycles. The molecule has 0 unspecified atom stereocenters. The van der Waals surface area contributed by atoms with Crippen LogP contribution in [0, 0.1) is 5.82 Å². The minimum absolute atomic E-state index is 0.221. The van der Waals surface area contributed by atoms with E-state index in [4.69, 9.17) is 0 Å². The van der Waals surface area contributed by atoms with Crippen LogP contribution < -0.4 is 10.6 Å². The Hall–Kier alpha value is -2.44. The van der Waals surface area contributed by atoms with Crippen molar-refractivity contribution in [2.75, 3.05) is 0 Å². The van der Waals surface area contributed by atoms with E-state index in [1.165, 1.54) is 12.1 Å². The third-order valence-electron chi connectivity index (χ3n) is 5.30. The van der Waals surface area contributed by atoms with E-state index in [0.29, 0.717) is 6.54 Å². The Kier molecular flexibility index (Phi) is 4.15. The monoisotopic (exact) mass is 343 g/mol. The first-order chi connectivity index (χ1) is 12.2. The molecule has 4 rings (SSSR count). The molecule has 1 aliphatic carbocycles. The number of halogens is 1. The highest BCUT2D eigenvalue weighted by Crippen LogP contribution is 2.38. The smallest absolute Gasteiger partial charge is 0.315 e. The van der Waals surface area contributed by atoms with E-state index in [2.05, 4.69) is 25.4 Å². The fourth-order valence-corrected chi connectivity index (χ4v) is 4.00.